The largest absolute Gasteiger partial charge is 0.444 e. The van der Waals surface area contributed by atoms with E-state index in [0.717, 1.165) is 44.4 Å². The number of alkyl carbamates (subject to hydrolysis) is 1. The molecule has 0 aromatic heterocycles. The third-order valence-corrected chi connectivity index (χ3v) is 5.48. The summed E-state index contributed by atoms with van der Waals surface area (Å²) in [6.07, 6.45) is 5.64. The summed E-state index contributed by atoms with van der Waals surface area (Å²) in [5.41, 5.74) is -0.466. The Kier molecular flexibility index (Phi) is 8.86. The predicted octanol–water partition coefficient (Wildman–Crippen LogP) is 2.67. The molecular weight excluding hydrogens is 354 g/mol. The van der Waals surface area contributed by atoms with Crippen molar-refractivity contribution in [2.75, 3.05) is 46.3 Å². The number of nitrogens with zero attached hydrogens (tertiary/aromatic N) is 3. The van der Waals surface area contributed by atoms with E-state index in [0.29, 0.717) is 0 Å². The normalized spacial score (nSPS) is 22.4. The van der Waals surface area contributed by atoms with Gasteiger partial charge >= 0.3 is 6.09 Å². The molecule has 0 aromatic rings. The monoisotopic (exact) mass is 395 g/mol. The number of carbonyl (C=O) groups is 1. The van der Waals surface area contributed by atoms with Gasteiger partial charge in [-0.1, -0.05) is 6.92 Å². The minimum atomic E-state index is -0.466. The molecule has 2 heterocycles. The molecule has 0 bridgehead atoms. The molecule has 0 aliphatic carbocycles. The molecule has 2 N–H and O–H groups in total. The molecular formula is C21H41N5O2. The van der Waals surface area contributed by atoms with Crippen molar-refractivity contribution in [3.63, 3.8) is 0 Å². The second-order valence-electron chi connectivity index (χ2n) is 9.28. The van der Waals surface area contributed by atoms with Crippen LogP contribution in [0.5, 0.6) is 0 Å². The maximum Gasteiger partial charge on any atom is 0.407 e. The fourth-order valence-corrected chi connectivity index (χ4v) is 3.82. The van der Waals surface area contributed by atoms with Crippen molar-refractivity contribution in [1.29, 1.82) is 0 Å². The van der Waals surface area contributed by atoms with Gasteiger partial charge < -0.3 is 25.2 Å². The number of likely N-dealkylation sites (tertiary alicyclic amines) is 2. The summed E-state index contributed by atoms with van der Waals surface area (Å²) in [6.45, 7) is 14.3. The number of hydrogen-bond acceptors (Lipinski definition) is 4. The molecule has 0 spiro atoms. The topological polar surface area (TPSA) is 69.2 Å². The van der Waals surface area contributed by atoms with Crippen molar-refractivity contribution in [2.24, 2.45) is 10.9 Å². The van der Waals surface area contributed by atoms with Gasteiger partial charge in [-0.25, -0.2) is 4.79 Å². The van der Waals surface area contributed by atoms with Gasteiger partial charge in [0, 0.05) is 26.7 Å². The Labute approximate surface area is 171 Å². The lowest BCUT2D eigenvalue weighted by Gasteiger charge is -2.30. The lowest BCUT2D eigenvalue weighted by atomic mass is 9.99. The molecule has 0 saturated carbocycles. The van der Waals surface area contributed by atoms with Gasteiger partial charge in [-0.3, -0.25) is 4.99 Å². The van der Waals surface area contributed by atoms with Gasteiger partial charge in [0.2, 0.25) is 0 Å². The molecule has 2 rings (SSSR count). The highest BCUT2D eigenvalue weighted by Crippen LogP contribution is 2.16. The third kappa shape index (κ3) is 8.25. The molecule has 1 atom stereocenters. The molecule has 28 heavy (non-hydrogen) atoms. The highest BCUT2D eigenvalue weighted by Gasteiger charge is 2.27. The van der Waals surface area contributed by atoms with Crippen LogP contribution in [0.3, 0.4) is 0 Å². The van der Waals surface area contributed by atoms with Crippen LogP contribution in [0, 0.1) is 5.92 Å². The lowest BCUT2D eigenvalue weighted by molar-refractivity contribution is 0.0507. The number of aliphatic imine (C=N–C) groups is 1. The second kappa shape index (κ2) is 10.9. The zero-order valence-corrected chi connectivity index (χ0v) is 18.6. The van der Waals surface area contributed by atoms with Crippen LogP contribution in [0.25, 0.3) is 0 Å². The fraction of sp³-hybridized carbons (Fsp3) is 0.905. The van der Waals surface area contributed by atoms with Crippen molar-refractivity contribution < 1.29 is 9.53 Å². The van der Waals surface area contributed by atoms with Gasteiger partial charge in [0.05, 0.1) is 6.04 Å². The number of piperidine rings is 1. The first kappa shape index (κ1) is 22.8. The average Bonchev–Trinajstić information content (AvgIpc) is 3.06. The Hall–Kier alpha value is -1.50. The molecule has 2 saturated heterocycles. The van der Waals surface area contributed by atoms with Crippen LogP contribution in [-0.2, 0) is 4.74 Å². The van der Waals surface area contributed by atoms with Crippen molar-refractivity contribution in [3.8, 4) is 0 Å². The van der Waals surface area contributed by atoms with Crippen molar-refractivity contribution in [1.82, 2.24) is 20.4 Å². The lowest BCUT2D eigenvalue weighted by Crippen LogP contribution is -2.44. The minimum absolute atomic E-state index is 0.106. The number of rotatable bonds is 6. The van der Waals surface area contributed by atoms with Crippen molar-refractivity contribution in [2.45, 2.75) is 71.4 Å². The van der Waals surface area contributed by atoms with Gasteiger partial charge in [-0.2, -0.15) is 0 Å². The van der Waals surface area contributed by atoms with Crippen LogP contribution in [-0.4, -0.2) is 79.8 Å². The zero-order valence-electron chi connectivity index (χ0n) is 18.6. The zero-order chi connectivity index (χ0) is 20.6. The Morgan fingerprint density at radius 3 is 2.50 bits per heavy atom. The van der Waals surface area contributed by atoms with E-state index in [-0.39, 0.29) is 12.1 Å². The molecule has 2 fully saturated rings. The van der Waals surface area contributed by atoms with E-state index in [4.69, 9.17) is 4.74 Å². The maximum atomic E-state index is 12.0. The summed E-state index contributed by atoms with van der Waals surface area (Å²) in [4.78, 5) is 21.2. The SMILES string of the molecule is CN=C(NCCCCN1CCC(C)CC1)N1CCC(NC(=O)OC(C)(C)C)C1. The van der Waals surface area contributed by atoms with Gasteiger partial charge in [-0.15, -0.1) is 0 Å². The van der Waals surface area contributed by atoms with Crippen LogP contribution in [0.4, 0.5) is 4.79 Å². The summed E-state index contributed by atoms with van der Waals surface area (Å²) in [5, 5.41) is 6.45. The van der Waals surface area contributed by atoms with E-state index in [2.05, 4.69) is 32.3 Å². The molecule has 7 nitrogen and oxygen atoms in total. The molecule has 162 valence electrons. The van der Waals surface area contributed by atoms with Crippen LogP contribution in [0.15, 0.2) is 4.99 Å². The Bertz CT molecular complexity index is 509. The number of hydrogen-bond donors (Lipinski definition) is 2. The number of nitrogens with one attached hydrogen (secondary N) is 2. The van der Waals surface area contributed by atoms with Crippen molar-refractivity contribution >= 4 is 12.1 Å². The van der Waals surface area contributed by atoms with E-state index in [1.807, 2.05) is 27.8 Å². The summed E-state index contributed by atoms with van der Waals surface area (Å²) in [6, 6.07) is 0.106. The fourth-order valence-electron chi connectivity index (χ4n) is 3.82. The number of guanidine groups is 1. The highest BCUT2D eigenvalue weighted by molar-refractivity contribution is 5.80. The van der Waals surface area contributed by atoms with Gasteiger partial charge in [0.25, 0.3) is 0 Å². The van der Waals surface area contributed by atoms with Crippen LogP contribution < -0.4 is 10.6 Å². The molecule has 2 aliphatic rings. The standard InChI is InChI=1S/C21H41N5O2/c1-17-8-13-25(14-9-17)12-7-6-11-23-19(22-5)26-15-10-18(16-26)24-20(27)28-21(2,3)4/h17-18H,6-16H2,1-5H3,(H,22,23)(H,24,27). The number of ether oxygens (including phenoxy) is 1. The minimum Gasteiger partial charge on any atom is -0.444 e. The van der Waals surface area contributed by atoms with Gasteiger partial charge in [0.1, 0.15) is 5.60 Å². The van der Waals surface area contributed by atoms with E-state index >= 15 is 0 Å². The molecule has 2 aliphatic heterocycles. The maximum absolute atomic E-state index is 12.0. The van der Waals surface area contributed by atoms with E-state index in [9.17, 15) is 4.79 Å². The van der Waals surface area contributed by atoms with Crippen LogP contribution in [0.1, 0.15) is 59.8 Å². The first-order chi connectivity index (χ1) is 13.3. The molecule has 7 heteroatoms. The number of unbranched alkanes of at least 4 members (excludes halogenated alkanes) is 1. The van der Waals surface area contributed by atoms with Crippen molar-refractivity contribution in [3.05, 3.63) is 0 Å². The summed E-state index contributed by atoms with van der Waals surface area (Å²) < 4.78 is 5.35. The van der Waals surface area contributed by atoms with E-state index in [1.54, 1.807) is 0 Å². The first-order valence-electron chi connectivity index (χ1n) is 10.9. The third-order valence-electron chi connectivity index (χ3n) is 5.48. The highest BCUT2D eigenvalue weighted by atomic mass is 16.6. The summed E-state index contributed by atoms with van der Waals surface area (Å²) in [7, 11) is 1.83. The molecule has 0 radical (unpaired) electrons. The molecule has 1 unspecified atom stereocenters. The van der Waals surface area contributed by atoms with E-state index in [1.165, 1.54) is 38.9 Å². The summed E-state index contributed by atoms with van der Waals surface area (Å²) in [5.74, 6) is 1.83. The smallest absolute Gasteiger partial charge is 0.407 e. The van der Waals surface area contributed by atoms with Crippen LogP contribution in [0.2, 0.25) is 0 Å². The Morgan fingerprint density at radius 2 is 1.86 bits per heavy atom. The van der Waals surface area contributed by atoms with E-state index < -0.39 is 5.60 Å². The Balaban J connectivity index is 1.61. The van der Waals surface area contributed by atoms with Gasteiger partial charge in [0.15, 0.2) is 5.96 Å². The predicted molar refractivity (Wildman–Crippen MR) is 115 cm³/mol. The Morgan fingerprint density at radius 1 is 1.14 bits per heavy atom. The van der Waals surface area contributed by atoms with Crippen LogP contribution >= 0.6 is 0 Å². The molecule has 0 aromatic carbocycles. The first-order valence-corrected chi connectivity index (χ1v) is 10.9. The number of amides is 1. The van der Waals surface area contributed by atoms with Gasteiger partial charge in [-0.05, 0) is 78.4 Å². The molecule has 1 amide bonds. The quantitative estimate of drug-likeness (QED) is 0.411. The number of carbonyl (C=O) groups excluding carboxylic acids is 1. The average molecular weight is 396 g/mol. The summed E-state index contributed by atoms with van der Waals surface area (Å²) >= 11 is 0. The second-order valence-corrected chi connectivity index (χ2v) is 9.28.